The average Bonchev–Trinajstić information content (AvgIpc) is 3.02. The van der Waals surface area contributed by atoms with Crippen LogP contribution in [-0.4, -0.2) is 27.6 Å². The van der Waals surface area contributed by atoms with Crippen LogP contribution in [0.15, 0.2) is 41.3 Å². The SMILES string of the molecule is COc1cc(NS(=O)(=O)c2ccc3[nH]c4c(c3c2)CCCCCC4)cc(OC)c1. The molecule has 0 spiro atoms. The van der Waals surface area contributed by atoms with E-state index in [1.54, 1.807) is 30.3 Å². The first-order valence-electron chi connectivity index (χ1n) is 9.89. The molecule has 0 unspecified atom stereocenters. The van der Waals surface area contributed by atoms with Crippen LogP contribution in [0.25, 0.3) is 10.9 Å². The van der Waals surface area contributed by atoms with Gasteiger partial charge in [-0.3, -0.25) is 4.72 Å². The van der Waals surface area contributed by atoms with Gasteiger partial charge in [0, 0.05) is 34.8 Å². The van der Waals surface area contributed by atoms with Crippen molar-refractivity contribution < 1.29 is 17.9 Å². The molecule has 0 aliphatic heterocycles. The summed E-state index contributed by atoms with van der Waals surface area (Å²) in [4.78, 5) is 3.74. The molecule has 0 fully saturated rings. The highest BCUT2D eigenvalue weighted by Crippen LogP contribution is 2.31. The minimum Gasteiger partial charge on any atom is -0.497 e. The third-order valence-corrected chi connectivity index (χ3v) is 6.86. The van der Waals surface area contributed by atoms with Crippen molar-refractivity contribution in [2.75, 3.05) is 18.9 Å². The van der Waals surface area contributed by atoms with Crippen LogP contribution in [0.2, 0.25) is 0 Å². The second kappa shape index (κ2) is 7.99. The summed E-state index contributed by atoms with van der Waals surface area (Å²) >= 11 is 0. The molecule has 1 heterocycles. The molecule has 1 aromatic heterocycles. The van der Waals surface area contributed by atoms with Crippen LogP contribution in [0.4, 0.5) is 5.69 Å². The molecular weight excluding hydrogens is 388 g/mol. The van der Waals surface area contributed by atoms with Gasteiger partial charge in [-0.05, 0) is 49.4 Å². The first-order chi connectivity index (χ1) is 14.0. The second-order valence-corrected chi connectivity index (χ2v) is 9.09. The number of methoxy groups -OCH3 is 2. The van der Waals surface area contributed by atoms with Crippen molar-refractivity contribution in [3.63, 3.8) is 0 Å². The van der Waals surface area contributed by atoms with Crippen molar-refractivity contribution in [1.82, 2.24) is 4.98 Å². The highest BCUT2D eigenvalue weighted by Gasteiger charge is 2.19. The number of rotatable bonds is 5. The fourth-order valence-corrected chi connectivity index (χ4v) is 5.05. The molecule has 0 saturated carbocycles. The maximum absolute atomic E-state index is 13.1. The Balaban J connectivity index is 1.70. The summed E-state index contributed by atoms with van der Waals surface area (Å²) in [5.74, 6) is 1.04. The number of aromatic nitrogens is 1. The van der Waals surface area contributed by atoms with E-state index in [1.165, 1.54) is 44.7 Å². The van der Waals surface area contributed by atoms with Gasteiger partial charge in [-0.1, -0.05) is 12.8 Å². The Kier molecular flexibility index (Phi) is 5.41. The summed E-state index contributed by atoms with van der Waals surface area (Å²) in [6.07, 6.45) is 6.79. The maximum Gasteiger partial charge on any atom is 0.261 e. The number of aromatic amines is 1. The molecule has 1 aliphatic carbocycles. The second-order valence-electron chi connectivity index (χ2n) is 7.41. The number of sulfonamides is 1. The van der Waals surface area contributed by atoms with E-state index < -0.39 is 10.0 Å². The Morgan fingerprint density at radius 1 is 0.897 bits per heavy atom. The summed E-state index contributed by atoms with van der Waals surface area (Å²) < 4.78 is 39.2. The minimum absolute atomic E-state index is 0.246. The monoisotopic (exact) mass is 414 g/mol. The standard InChI is InChI=1S/C22H26N2O4S/c1-27-16-11-15(12-17(13-16)28-2)24-29(25,26)18-9-10-22-20(14-18)19-7-5-3-4-6-8-21(19)23-22/h9-14,23-24H,3-8H2,1-2H3. The number of hydrogen-bond acceptors (Lipinski definition) is 4. The van der Waals surface area contributed by atoms with E-state index in [1.807, 2.05) is 6.07 Å². The number of aryl methyl sites for hydroxylation is 2. The van der Waals surface area contributed by atoms with E-state index in [9.17, 15) is 8.42 Å². The van der Waals surface area contributed by atoms with Crippen molar-refractivity contribution >= 4 is 26.6 Å². The molecule has 0 bridgehead atoms. The lowest BCUT2D eigenvalue weighted by Gasteiger charge is -2.12. The van der Waals surface area contributed by atoms with E-state index in [4.69, 9.17) is 9.47 Å². The van der Waals surface area contributed by atoms with Gasteiger partial charge in [0.2, 0.25) is 0 Å². The Bertz CT molecular complexity index is 1110. The number of anilines is 1. The van der Waals surface area contributed by atoms with Crippen LogP contribution in [0.5, 0.6) is 11.5 Å². The summed E-state index contributed by atoms with van der Waals surface area (Å²) in [5, 5.41) is 1.01. The molecule has 2 aromatic carbocycles. The Morgan fingerprint density at radius 3 is 2.28 bits per heavy atom. The molecule has 6 nitrogen and oxygen atoms in total. The van der Waals surface area contributed by atoms with Gasteiger partial charge in [-0.25, -0.2) is 8.42 Å². The quantitative estimate of drug-likeness (QED) is 0.637. The largest absolute Gasteiger partial charge is 0.497 e. The van der Waals surface area contributed by atoms with Crippen LogP contribution < -0.4 is 14.2 Å². The predicted molar refractivity (Wildman–Crippen MR) is 115 cm³/mol. The summed E-state index contributed by atoms with van der Waals surface area (Å²) in [7, 11) is -0.693. The Morgan fingerprint density at radius 2 is 1.59 bits per heavy atom. The van der Waals surface area contributed by atoms with Crippen LogP contribution in [-0.2, 0) is 22.9 Å². The maximum atomic E-state index is 13.1. The van der Waals surface area contributed by atoms with E-state index in [2.05, 4.69) is 9.71 Å². The van der Waals surface area contributed by atoms with E-state index in [0.717, 1.165) is 30.2 Å². The third kappa shape index (κ3) is 4.05. The molecular formula is C22H26N2O4S. The molecule has 3 aromatic rings. The van der Waals surface area contributed by atoms with Gasteiger partial charge in [0.1, 0.15) is 11.5 Å². The zero-order valence-electron chi connectivity index (χ0n) is 16.7. The summed E-state index contributed by atoms with van der Waals surface area (Å²) in [6, 6.07) is 10.2. The van der Waals surface area contributed by atoms with Crippen molar-refractivity contribution in [1.29, 1.82) is 0 Å². The zero-order valence-corrected chi connectivity index (χ0v) is 17.6. The van der Waals surface area contributed by atoms with E-state index in [0.29, 0.717) is 17.2 Å². The lowest BCUT2D eigenvalue weighted by molar-refractivity contribution is 0.395. The van der Waals surface area contributed by atoms with E-state index >= 15 is 0 Å². The zero-order chi connectivity index (χ0) is 20.4. The summed E-state index contributed by atoms with van der Waals surface area (Å²) in [5.41, 5.74) is 3.91. The van der Waals surface area contributed by atoms with Gasteiger partial charge in [0.25, 0.3) is 10.0 Å². The van der Waals surface area contributed by atoms with Gasteiger partial charge < -0.3 is 14.5 Å². The van der Waals surface area contributed by atoms with Crippen LogP contribution in [0.3, 0.4) is 0 Å². The van der Waals surface area contributed by atoms with Crippen LogP contribution in [0, 0.1) is 0 Å². The highest BCUT2D eigenvalue weighted by atomic mass is 32.2. The normalized spacial score (nSPS) is 14.7. The number of fused-ring (bicyclic) bond motifs is 3. The predicted octanol–water partition coefficient (Wildman–Crippen LogP) is 4.64. The van der Waals surface area contributed by atoms with Crippen LogP contribution in [0.1, 0.15) is 36.9 Å². The number of hydrogen-bond donors (Lipinski definition) is 2. The molecule has 29 heavy (non-hydrogen) atoms. The molecule has 4 rings (SSSR count). The third-order valence-electron chi connectivity index (χ3n) is 5.48. The van der Waals surface area contributed by atoms with Gasteiger partial charge in [-0.2, -0.15) is 0 Å². The van der Waals surface area contributed by atoms with Gasteiger partial charge in [0.15, 0.2) is 0 Å². The fourth-order valence-electron chi connectivity index (χ4n) is 3.99. The van der Waals surface area contributed by atoms with Crippen molar-refractivity contribution in [3.8, 4) is 11.5 Å². The van der Waals surface area contributed by atoms with Gasteiger partial charge >= 0.3 is 0 Å². The molecule has 0 amide bonds. The average molecular weight is 415 g/mol. The Hall–Kier alpha value is -2.67. The molecule has 154 valence electrons. The molecule has 0 atom stereocenters. The molecule has 0 saturated heterocycles. The smallest absolute Gasteiger partial charge is 0.261 e. The molecule has 2 N–H and O–H groups in total. The number of H-pyrrole nitrogens is 1. The number of nitrogens with one attached hydrogen (secondary N) is 2. The van der Waals surface area contributed by atoms with Crippen LogP contribution >= 0.6 is 0 Å². The minimum atomic E-state index is -3.75. The molecule has 7 heteroatoms. The van der Waals surface area contributed by atoms with E-state index in [-0.39, 0.29) is 4.90 Å². The lowest BCUT2D eigenvalue weighted by Crippen LogP contribution is -2.13. The van der Waals surface area contributed by atoms with Gasteiger partial charge in [0.05, 0.1) is 24.8 Å². The molecule has 0 radical (unpaired) electrons. The molecule has 1 aliphatic rings. The van der Waals surface area contributed by atoms with Crippen molar-refractivity contribution in [3.05, 3.63) is 47.7 Å². The van der Waals surface area contributed by atoms with Crippen molar-refractivity contribution in [2.45, 2.75) is 43.4 Å². The first-order valence-corrected chi connectivity index (χ1v) is 11.4. The van der Waals surface area contributed by atoms with Crippen molar-refractivity contribution in [2.24, 2.45) is 0 Å². The van der Waals surface area contributed by atoms with Gasteiger partial charge in [-0.15, -0.1) is 0 Å². The lowest BCUT2D eigenvalue weighted by atomic mass is 9.97. The number of ether oxygens (including phenoxy) is 2. The summed E-state index contributed by atoms with van der Waals surface area (Å²) in [6.45, 7) is 0. The topological polar surface area (TPSA) is 80.4 Å². The highest BCUT2D eigenvalue weighted by molar-refractivity contribution is 7.92. The fraction of sp³-hybridized carbons (Fsp3) is 0.364. The Labute approximate surface area is 171 Å². The first kappa shape index (κ1) is 19.6. The number of benzene rings is 2.